The normalized spacial score (nSPS) is 10.7. The number of amides is 1. The lowest BCUT2D eigenvalue weighted by Gasteiger charge is -2.10. The van der Waals surface area contributed by atoms with Gasteiger partial charge in [0, 0.05) is 17.8 Å². The van der Waals surface area contributed by atoms with Crippen LogP contribution in [0.25, 0.3) is 16.5 Å². The molecule has 3 heterocycles. The van der Waals surface area contributed by atoms with Crippen molar-refractivity contribution in [2.75, 3.05) is 18.5 Å². The molecule has 4 rings (SSSR count). The molecular formula is C23H23N5O4S. The number of carbonyl (C=O) groups excluding carboxylic acids is 1. The predicted molar refractivity (Wildman–Crippen MR) is 126 cm³/mol. The largest absolute Gasteiger partial charge is 0.494 e. The first-order valence-corrected chi connectivity index (χ1v) is 11.3. The van der Waals surface area contributed by atoms with Gasteiger partial charge in [-0.1, -0.05) is 13.0 Å². The maximum atomic E-state index is 12.6. The predicted octanol–water partition coefficient (Wildman–Crippen LogP) is 3.66. The zero-order valence-electron chi connectivity index (χ0n) is 18.2. The molecule has 3 aromatic heterocycles. The van der Waals surface area contributed by atoms with E-state index < -0.39 is 0 Å². The van der Waals surface area contributed by atoms with Crippen LogP contribution in [0.2, 0.25) is 0 Å². The van der Waals surface area contributed by atoms with Gasteiger partial charge in [0.05, 0.1) is 11.5 Å². The van der Waals surface area contributed by atoms with Crippen molar-refractivity contribution in [1.82, 2.24) is 19.7 Å². The van der Waals surface area contributed by atoms with Gasteiger partial charge >= 0.3 is 0 Å². The van der Waals surface area contributed by atoms with Gasteiger partial charge < -0.3 is 14.8 Å². The van der Waals surface area contributed by atoms with Crippen LogP contribution >= 0.6 is 11.3 Å². The van der Waals surface area contributed by atoms with Gasteiger partial charge in [0.25, 0.3) is 11.5 Å². The number of aromatic nitrogens is 4. The van der Waals surface area contributed by atoms with Crippen molar-refractivity contribution in [1.29, 1.82) is 0 Å². The Kier molecular flexibility index (Phi) is 6.84. The molecule has 0 spiro atoms. The van der Waals surface area contributed by atoms with E-state index in [2.05, 4.69) is 20.4 Å². The fourth-order valence-electron chi connectivity index (χ4n) is 3.08. The Bertz CT molecular complexity index is 1280. The summed E-state index contributed by atoms with van der Waals surface area (Å²) in [5.74, 6) is 1.50. The van der Waals surface area contributed by atoms with E-state index in [-0.39, 0.29) is 24.0 Å². The van der Waals surface area contributed by atoms with Gasteiger partial charge in [-0.2, -0.15) is 9.78 Å². The standard InChI is InChI=1S/C23H23N5O4S/c1-3-15-12-21(29)26-23(24-15)28-20(13-18(27-28)19-6-5-11-33-19)25-22(30)14-32-17-9-7-16(8-10-17)31-4-2/h5-13H,3-4,14H2,1-2H3,(H,25,30)(H,24,26,29). The molecule has 0 bridgehead atoms. The number of benzene rings is 1. The Hall–Kier alpha value is -3.92. The minimum Gasteiger partial charge on any atom is -0.494 e. The summed E-state index contributed by atoms with van der Waals surface area (Å²) in [7, 11) is 0. The molecular weight excluding hydrogens is 442 g/mol. The molecule has 0 aliphatic heterocycles. The van der Waals surface area contributed by atoms with Gasteiger partial charge in [-0.25, -0.2) is 4.98 Å². The number of rotatable bonds is 9. The molecule has 1 amide bonds. The van der Waals surface area contributed by atoms with Crippen molar-refractivity contribution in [2.24, 2.45) is 0 Å². The quantitative estimate of drug-likeness (QED) is 0.390. The average Bonchev–Trinajstić information content (AvgIpc) is 3.48. The summed E-state index contributed by atoms with van der Waals surface area (Å²) in [5, 5.41) is 9.31. The lowest BCUT2D eigenvalue weighted by atomic mass is 10.3. The molecule has 0 fully saturated rings. The highest BCUT2D eigenvalue weighted by Crippen LogP contribution is 2.27. The van der Waals surface area contributed by atoms with E-state index in [9.17, 15) is 9.59 Å². The fraction of sp³-hybridized carbons (Fsp3) is 0.217. The number of carbonyl (C=O) groups is 1. The molecule has 10 heteroatoms. The highest BCUT2D eigenvalue weighted by Gasteiger charge is 2.17. The lowest BCUT2D eigenvalue weighted by Crippen LogP contribution is -2.23. The highest BCUT2D eigenvalue weighted by atomic mass is 32.1. The first-order valence-electron chi connectivity index (χ1n) is 10.5. The van der Waals surface area contributed by atoms with Crippen LogP contribution in [-0.2, 0) is 11.2 Å². The SMILES string of the molecule is CCOc1ccc(OCC(=O)Nc2cc(-c3cccs3)nn2-c2nc(CC)cc(=O)[nH]2)cc1. The summed E-state index contributed by atoms with van der Waals surface area (Å²) in [6.45, 7) is 4.19. The molecule has 4 aromatic rings. The van der Waals surface area contributed by atoms with Crippen LogP contribution in [0.1, 0.15) is 19.5 Å². The van der Waals surface area contributed by atoms with E-state index in [0.717, 1.165) is 10.6 Å². The Morgan fingerprint density at radius 2 is 1.88 bits per heavy atom. The molecule has 0 aliphatic carbocycles. The molecule has 0 radical (unpaired) electrons. The zero-order chi connectivity index (χ0) is 23.2. The first-order chi connectivity index (χ1) is 16.1. The fourth-order valence-corrected chi connectivity index (χ4v) is 3.76. The minimum absolute atomic E-state index is 0.202. The van der Waals surface area contributed by atoms with Gasteiger partial charge in [-0.05, 0) is 49.1 Å². The average molecular weight is 466 g/mol. The molecule has 1 aromatic carbocycles. The number of hydrogen-bond acceptors (Lipinski definition) is 7. The van der Waals surface area contributed by atoms with Crippen molar-refractivity contribution in [3.63, 3.8) is 0 Å². The second-order valence-electron chi connectivity index (χ2n) is 6.96. The summed E-state index contributed by atoms with van der Waals surface area (Å²) >= 11 is 1.52. The lowest BCUT2D eigenvalue weighted by molar-refractivity contribution is -0.118. The highest BCUT2D eigenvalue weighted by molar-refractivity contribution is 7.13. The van der Waals surface area contributed by atoms with Gasteiger partial charge in [-0.15, -0.1) is 11.3 Å². The van der Waals surface area contributed by atoms with Crippen LogP contribution in [0.3, 0.4) is 0 Å². The maximum absolute atomic E-state index is 12.6. The van der Waals surface area contributed by atoms with E-state index in [0.29, 0.717) is 36.0 Å². The van der Waals surface area contributed by atoms with Crippen molar-refractivity contribution in [3.8, 4) is 28.0 Å². The number of H-pyrrole nitrogens is 1. The van der Waals surface area contributed by atoms with E-state index in [1.54, 1.807) is 30.3 Å². The van der Waals surface area contributed by atoms with Crippen LogP contribution in [0.15, 0.2) is 58.7 Å². The number of thiophene rings is 1. The molecule has 2 N–H and O–H groups in total. The summed E-state index contributed by atoms with van der Waals surface area (Å²) in [6, 6.07) is 14.1. The van der Waals surface area contributed by atoms with E-state index in [1.807, 2.05) is 31.4 Å². The monoisotopic (exact) mass is 465 g/mol. The van der Waals surface area contributed by atoms with Crippen molar-refractivity contribution < 1.29 is 14.3 Å². The third-order valence-corrected chi connectivity index (χ3v) is 5.49. The van der Waals surface area contributed by atoms with Gasteiger partial charge in [0.15, 0.2) is 6.61 Å². The first kappa shape index (κ1) is 22.3. The summed E-state index contributed by atoms with van der Waals surface area (Å²) in [6.07, 6.45) is 0.591. The number of nitrogens with one attached hydrogen (secondary N) is 2. The second-order valence-corrected chi connectivity index (χ2v) is 7.91. The topological polar surface area (TPSA) is 111 Å². The van der Waals surface area contributed by atoms with Gasteiger partial charge in [0.1, 0.15) is 23.0 Å². The van der Waals surface area contributed by atoms with E-state index in [1.165, 1.54) is 22.1 Å². The van der Waals surface area contributed by atoms with Crippen LogP contribution in [0.5, 0.6) is 11.5 Å². The molecule has 0 saturated heterocycles. The van der Waals surface area contributed by atoms with Crippen molar-refractivity contribution in [2.45, 2.75) is 20.3 Å². The van der Waals surface area contributed by atoms with Gasteiger partial charge in [-0.3, -0.25) is 14.6 Å². The smallest absolute Gasteiger partial charge is 0.263 e. The van der Waals surface area contributed by atoms with E-state index in [4.69, 9.17) is 9.47 Å². The number of aromatic amines is 1. The number of anilines is 1. The molecule has 0 atom stereocenters. The van der Waals surface area contributed by atoms with Crippen LogP contribution in [0.4, 0.5) is 5.82 Å². The minimum atomic E-state index is -0.378. The summed E-state index contributed by atoms with van der Waals surface area (Å²) in [5.41, 5.74) is 0.983. The Labute approximate surface area is 194 Å². The molecule has 9 nitrogen and oxygen atoms in total. The third kappa shape index (κ3) is 5.47. The maximum Gasteiger partial charge on any atom is 0.263 e. The number of hydrogen-bond donors (Lipinski definition) is 2. The second kappa shape index (κ2) is 10.1. The number of nitrogens with zero attached hydrogens (tertiary/aromatic N) is 3. The number of ether oxygens (including phenoxy) is 2. The number of aryl methyl sites for hydroxylation is 1. The van der Waals surface area contributed by atoms with Crippen LogP contribution in [0, 0.1) is 0 Å². The van der Waals surface area contributed by atoms with E-state index >= 15 is 0 Å². The molecule has 0 unspecified atom stereocenters. The Morgan fingerprint density at radius 1 is 1.12 bits per heavy atom. The van der Waals surface area contributed by atoms with Crippen LogP contribution in [-0.4, -0.2) is 38.9 Å². The Morgan fingerprint density at radius 3 is 2.55 bits per heavy atom. The molecule has 0 aliphatic rings. The van der Waals surface area contributed by atoms with Crippen LogP contribution < -0.4 is 20.3 Å². The van der Waals surface area contributed by atoms with Crippen molar-refractivity contribution >= 4 is 23.1 Å². The summed E-state index contributed by atoms with van der Waals surface area (Å²) < 4.78 is 12.4. The summed E-state index contributed by atoms with van der Waals surface area (Å²) in [4.78, 5) is 32.8. The zero-order valence-corrected chi connectivity index (χ0v) is 19.0. The molecule has 0 saturated carbocycles. The Balaban J connectivity index is 1.55. The third-order valence-electron chi connectivity index (χ3n) is 4.60. The van der Waals surface area contributed by atoms with Crippen molar-refractivity contribution in [3.05, 3.63) is 70.0 Å². The van der Waals surface area contributed by atoms with Gasteiger partial charge in [0.2, 0.25) is 5.95 Å². The molecule has 33 heavy (non-hydrogen) atoms. The molecule has 170 valence electrons.